The van der Waals surface area contributed by atoms with Gasteiger partial charge in [0.15, 0.2) is 0 Å². The van der Waals surface area contributed by atoms with Gasteiger partial charge in [-0.15, -0.1) is 0 Å². The molecule has 0 aliphatic heterocycles. The van der Waals surface area contributed by atoms with Crippen LogP contribution >= 0.6 is 0 Å². The summed E-state index contributed by atoms with van der Waals surface area (Å²) in [4.78, 5) is 8.19. The number of aryl methyl sites for hydroxylation is 1. The molecule has 17 heavy (non-hydrogen) atoms. The summed E-state index contributed by atoms with van der Waals surface area (Å²) in [6.45, 7) is 5.97. The molecule has 5 nitrogen and oxygen atoms in total. The lowest BCUT2D eigenvalue weighted by atomic mass is 10.4. The van der Waals surface area contributed by atoms with Gasteiger partial charge in [0.1, 0.15) is 0 Å². The van der Waals surface area contributed by atoms with Gasteiger partial charge in [-0.2, -0.15) is 0 Å². The molecule has 0 fully saturated rings. The first kappa shape index (κ1) is 11.9. The molecule has 0 aliphatic carbocycles. The fraction of sp³-hybridized carbons (Fsp3) is 0.500. The van der Waals surface area contributed by atoms with Crippen molar-refractivity contribution in [2.45, 2.75) is 33.0 Å². The summed E-state index contributed by atoms with van der Waals surface area (Å²) in [5, 5.41) is 3.42. The van der Waals surface area contributed by atoms with Crippen LogP contribution in [0.2, 0.25) is 0 Å². The highest BCUT2D eigenvalue weighted by Crippen LogP contribution is 2.00. The van der Waals surface area contributed by atoms with E-state index in [0.29, 0.717) is 0 Å². The smallest absolute Gasteiger partial charge is 0.0948 e. The maximum atomic E-state index is 4.18. The number of hydrogen-bond donors (Lipinski definition) is 1. The van der Waals surface area contributed by atoms with Crippen LogP contribution in [0, 0.1) is 0 Å². The Bertz CT molecular complexity index is 418. The molecule has 2 heterocycles. The lowest BCUT2D eigenvalue weighted by Gasteiger charge is -2.08. The third-order valence-electron chi connectivity index (χ3n) is 2.68. The van der Waals surface area contributed by atoms with Gasteiger partial charge in [-0.05, 0) is 6.42 Å². The number of imidazole rings is 2. The Morgan fingerprint density at radius 1 is 1.24 bits per heavy atom. The Labute approximate surface area is 102 Å². The van der Waals surface area contributed by atoms with Crippen molar-refractivity contribution in [1.29, 1.82) is 0 Å². The highest BCUT2D eigenvalue weighted by molar-refractivity contribution is 4.97. The molecule has 0 aromatic carbocycles. The van der Waals surface area contributed by atoms with Crippen molar-refractivity contribution in [1.82, 2.24) is 24.4 Å². The maximum Gasteiger partial charge on any atom is 0.0948 e. The second-order valence-electron chi connectivity index (χ2n) is 4.06. The number of nitrogens with zero attached hydrogens (tertiary/aromatic N) is 4. The molecule has 0 saturated carbocycles. The quantitative estimate of drug-likeness (QED) is 0.733. The highest BCUT2D eigenvalue weighted by Gasteiger charge is 2.00. The van der Waals surface area contributed by atoms with Crippen LogP contribution in [0.4, 0.5) is 0 Å². The molecule has 0 radical (unpaired) electrons. The molecule has 92 valence electrons. The Morgan fingerprint density at radius 2 is 2.18 bits per heavy atom. The van der Waals surface area contributed by atoms with E-state index in [-0.39, 0.29) is 0 Å². The molecule has 0 aliphatic rings. The lowest BCUT2D eigenvalue weighted by Crippen LogP contribution is -2.20. The summed E-state index contributed by atoms with van der Waals surface area (Å²) in [6, 6.07) is 0. The van der Waals surface area contributed by atoms with Gasteiger partial charge in [-0.3, -0.25) is 0 Å². The normalized spacial score (nSPS) is 10.9. The molecule has 5 heteroatoms. The SMILES string of the molecule is CCCn1cncc1CNCCn1ccnc1. The van der Waals surface area contributed by atoms with E-state index in [4.69, 9.17) is 0 Å². The van der Waals surface area contributed by atoms with Crippen molar-refractivity contribution in [2.75, 3.05) is 6.54 Å². The third kappa shape index (κ3) is 3.42. The van der Waals surface area contributed by atoms with E-state index >= 15 is 0 Å². The zero-order valence-corrected chi connectivity index (χ0v) is 10.2. The van der Waals surface area contributed by atoms with E-state index in [2.05, 4.69) is 31.3 Å². The summed E-state index contributed by atoms with van der Waals surface area (Å²) in [7, 11) is 0. The fourth-order valence-electron chi connectivity index (χ4n) is 1.78. The highest BCUT2D eigenvalue weighted by atomic mass is 15.1. The third-order valence-corrected chi connectivity index (χ3v) is 2.68. The van der Waals surface area contributed by atoms with Crippen LogP contribution in [-0.4, -0.2) is 25.6 Å². The minimum atomic E-state index is 0.870. The van der Waals surface area contributed by atoms with Gasteiger partial charge >= 0.3 is 0 Å². The van der Waals surface area contributed by atoms with E-state index in [9.17, 15) is 0 Å². The minimum Gasteiger partial charge on any atom is -0.336 e. The predicted octanol–water partition coefficient (Wildman–Crippen LogP) is 1.28. The average Bonchev–Trinajstić information content (AvgIpc) is 2.96. The van der Waals surface area contributed by atoms with Gasteiger partial charge in [0.05, 0.1) is 18.3 Å². The number of aromatic nitrogens is 4. The van der Waals surface area contributed by atoms with Gasteiger partial charge in [0.2, 0.25) is 0 Å². The number of hydrogen-bond acceptors (Lipinski definition) is 3. The van der Waals surface area contributed by atoms with E-state index in [1.54, 1.807) is 6.20 Å². The molecule has 2 aromatic heterocycles. The first-order chi connectivity index (χ1) is 8.40. The molecular formula is C12H19N5. The second-order valence-corrected chi connectivity index (χ2v) is 4.06. The Hall–Kier alpha value is -1.62. The standard InChI is InChI=1S/C12H19N5/c1-2-5-17-11-15-9-12(17)8-13-3-6-16-7-4-14-10-16/h4,7,9-11,13H,2-3,5-6,8H2,1H3. The van der Waals surface area contributed by atoms with Crippen molar-refractivity contribution in [3.05, 3.63) is 36.9 Å². The molecule has 0 bridgehead atoms. The van der Waals surface area contributed by atoms with Crippen LogP contribution in [0.5, 0.6) is 0 Å². The van der Waals surface area contributed by atoms with Crippen LogP contribution in [0.15, 0.2) is 31.2 Å². The summed E-state index contributed by atoms with van der Waals surface area (Å²) < 4.78 is 4.26. The van der Waals surface area contributed by atoms with Crippen molar-refractivity contribution >= 4 is 0 Å². The van der Waals surface area contributed by atoms with Crippen LogP contribution in [-0.2, 0) is 19.6 Å². The number of nitrogens with one attached hydrogen (secondary N) is 1. The minimum absolute atomic E-state index is 0.870. The summed E-state index contributed by atoms with van der Waals surface area (Å²) in [6.07, 6.45) is 10.6. The molecule has 2 aromatic rings. The van der Waals surface area contributed by atoms with E-state index in [1.165, 1.54) is 5.69 Å². The largest absolute Gasteiger partial charge is 0.336 e. The molecule has 1 N–H and O–H groups in total. The first-order valence-corrected chi connectivity index (χ1v) is 6.05. The van der Waals surface area contributed by atoms with Crippen molar-refractivity contribution < 1.29 is 0 Å². The first-order valence-electron chi connectivity index (χ1n) is 6.05. The summed E-state index contributed by atoms with van der Waals surface area (Å²) in [5.41, 5.74) is 1.25. The zero-order valence-electron chi connectivity index (χ0n) is 10.2. The summed E-state index contributed by atoms with van der Waals surface area (Å²) in [5.74, 6) is 0. The molecule has 0 atom stereocenters. The molecule has 0 spiro atoms. The Morgan fingerprint density at radius 3 is 2.94 bits per heavy atom. The van der Waals surface area contributed by atoms with Crippen molar-refractivity contribution in [3.8, 4) is 0 Å². The predicted molar refractivity (Wildman–Crippen MR) is 66.5 cm³/mol. The van der Waals surface area contributed by atoms with E-state index in [0.717, 1.165) is 32.6 Å². The number of rotatable bonds is 7. The lowest BCUT2D eigenvalue weighted by molar-refractivity contribution is 0.566. The molecule has 2 rings (SSSR count). The average molecular weight is 233 g/mol. The summed E-state index contributed by atoms with van der Waals surface area (Å²) >= 11 is 0. The molecule has 0 amide bonds. The molecule has 0 saturated heterocycles. The topological polar surface area (TPSA) is 47.7 Å². The van der Waals surface area contributed by atoms with Crippen molar-refractivity contribution in [3.63, 3.8) is 0 Å². The van der Waals surface area contributed by atoms with E-state index < -0.39 is 0 Å². The monoisotopic (exact) mass is 233 g/mol. The van der Waals surface area contributed by atoms with Gasteiger partial charge in [-0.1, -0.05) is 6.92 Å². The van der Waals surface area contributed by atoms with E-state index in [1.807, 2.05) is 25.0 Å². The second kappa shape index (κ2) is 6.20. The van der Waals surface area contributed by atoms with Gasteiger partial charge in [0, 0.05) is 44.8 Å². The molecule has 0 unspecified atom stereocenters. The van der Waals surface area contributed by atoms with Crippen LogP contribution in [0.1, 0.15) is 19.0 Å². The Kier molecular flexibility index (Phi) is 4.32. The van der Waals surface area contributed by atoms with Gasteiger partial charge < -0.3 is 14.5 Å². The van der Waals surface area contributed by atoms with Gasteiger partial charge in [0.25, 0.3) is 0 Å². The molecular weight excluding hydrogens is 214 g/mol. The fourth-order valence-corrected chi connectivity index (χ4v) is 1.78. The van der Waals surface area contributed by atoms with Crippen LogP contribution in [0.25, 0.3) is 0 Å². The zero-order chi connectivity index (χ0) is 11.9. The Balaban J connectivity index is 1.72. The van der Waals surface area contributed by atoms with Gasteiger partial charge in [-0.25, -0.2) is 9.97 Å². The van der Waals surface area contributed by atoms with Crippen molar-refractivity contribution in [2.24, 2.45) is 0 Å². The van der Waals surface area contributed by atoms with Crippen LogP contribution < -0.4 is 5.32 Å². The van der Waals surface area contributed by atoms with Crippen LogP contribution in [0.3, 0.4) is 0 Å². The maximum absolute atomic E-state index is 4.18.